The van der Waals surface area contributed by atoms with E-state index >= 15 is 0 Å². The Balaban J connectivity index is 1.78. The second-order valence-electron chi connectivity index (χ2n) is 4.78. The summed E-state index contributed by atoms with van der Waals surface area (Å²) >= 11 is 0. The predicted molar refractivity (Wildman–Crippen MR) is 72.6 cm³/mol. The zero-order chi connectivity index (χ0) is 13.8. The minimum atomic E-state index is -0.715. The minimum absolute atomic E-state index is 0.131. The Bertz CT molecular complexity index is 443. The van der Waals surface area contributed by atoms with Crippen molar-refractivity contribution in [1.82, 2.24) is 4.90 Å². The third-order valence-electron chi connectivity index (χ3n) is 3.22. The monoisotopic (exact) mass is 265 g/mol. The molecule has 5 N–H and O–H groups in total. The lowest BCUT2D eigenvalue weighted by Gasteiger charge is -2.14. The van der Waals surface area contributed by atoms with Crippen molar-refractivity contribution in [1.29, 1.82) is 0 Å². The first-order valence-corrected chi connectivity index (χ1v) is 6.29. The highest BCUT2D eigenvalue weighted by Gasteiger charge is 2.29. The van der Waals surface area contributed by atoms with Gasteiger partial charge in [-0.15, -0.1) is 0 Å². The number of hydrogen-bond acceptors (Lipinski definition) is 5. The van der Waals surface area contributed by atoms with Crippen molar-refractivity contribution in [2.45, 2.75) is 18.6 Å². The molecule has 0 aromatic heterocycles. The normalized spacial score (nSPS) is 23.5. The van der Waals surface area contributed by atoms with E-state index in [1.807, 2.05) is 4.90 Å². The highest BCUT2D eigenvalue weighted by atomic mass is 16.3. The van der Waals surface area contributed by atoms with Gasteiger partial charge in [0.05, 0.1) is 23.6 Å². The molecule has 0 spiro atoms. The van der Waals surface area contributed by atoms with Crippen molar-refractivity contribution in [2.75, 3.05) is 30.7 Å². The van der Waals surface area contributed by atoms with E-state index in [1.54, 1.807) is 24.3 Å². The molecule has 1 fully saturated rings. The number of aliphatic hydroxyl groups is 2. The van der Waals surface area contributed by atoms with E-state index in [9.17, 15) is 15.0 Å². The van der Waals surface area contributed by atoms with Crippen LogP contribution in [0.3, 0.4) is 0 Å². The van der Waals surface area contributed by atoms with Crippen LogP contribution >= 0.6 is 0 Å². The third-order valence-corrected chi connectivity index (χ3v) is 3.22. The van der Waals surface area contributed by atoms with Gasteiger partial charge in [-0.25, -0.2) is 0 Å². The molecule has 0 bridgehead atoms. The molecular weight excluding hydrogens is 246 g/mol. The van der Waals surface area contributed by atoms with Crippen LogP contribution in [0, 0.1) is 0 Å². The van der Waals surface area contributed by atoms with E-state index in [1.165, 1.54) is 0 Å². The summed E-state index contributed by atoms with van der Waals surface area (Å²) in [7, 11) is 0. The number of likely N-dealkylation sites (tertiary alicyclic amines) is 1. The summed E-state index contributed by atoms with van der Waals surface area (Å²) < 4.78 is 0. The molecule has 2 unspecified atom stereocenters. The van der Waals surface area contributed by atoms with Crippen molar-refractivity contribution in [3.05, 3.63) is 24.3 Å². The van der Waals surface area contributed by atoms with Gasteiger partial charge in [-0.3, -0.25) is 9.69 Å². The van der Waals surface area contributed by atoms with E-state index < -0.39 is 12.2 Å². The molecule has 1 saturated heterocycles. The van der Waals surface area contributed by atoms with Crippen LogP contribution in [-0.2, 0) is 4.79 Å². The zero-order valence-electron chi connectivity index (χ0n) is 10.6. The minimum Gasteiger partial charge on any atom is -0.397 e. The van der Waals surface area contributed by atoms with Crippen LogP contribution in [-0.4, -0.2) is 52.9 Å². The lowest BCUT2D eigenvalue weighted by atomic mass is 10.2. The molecule has 1 amide bonds. The van der Waals surface area contributed by atoms with Gasteiger partial charge >= 0.3 is 0 Å². The van der Waals surface area contributed by atoms with Crippen LogP contribution < -0.4 is 11.1 Å². The summed E-state index contributed by atoms with van der Waals surface area (Å²) in [6, 6.07) is 7.08. The average molecular weight is 265 g/mol. The largest absolute Gasteiger partial charge is 0.397 e. The molecular formula is C13H19N3O3. The van der Waals surface area contributed by atoms with Crippen LogP contribution in [0.1, 0.15) is 6.42 Å². The molecule has 104 valence electrons. The maximum Gasteiger partial charge on any atom is 0.225 e. The van der Waals surface area contributed by atoms with Gasteiger partial charge in [0.1, 0.15) is 0 Å². The molecule has 0 radical (unpaired) electrons. The number of carbonyl (C=O) groups excluding carboxylic acids is 1. The number of aliphatic hydroxyl groups excluding tert-OH is 2. The number of β-amino-alcohol motifs (C(OH)–C–C–N with tert-alkyl or cyclic N) is 2. The second kappa shape index (κ2) is 6.01. The van der Waals surface area contributed by atoms with Crippen molar-refractivity contribution in [3.63, 3.8) is 0 Å². The number of anilines is 2. The van der Waals surface area contributed by atoms with Gasteiger partial charge in [0.15, 0.2) is 0 Å². The molecule has 6 heteroatoms. The van der Waals surface area contributed by atoms with E-state index in [0.717, 1.165) is 0 Å². The molecule has 1 heterocycles. The number of nitrogens with one attached hydrogen (secondary N) is 1. The maximum atomic E-state index is 11.8. The lowest BCUT2D eigenvalue weighted by Crippen LogP contribution is -2.27. The van der Waals surface area contributed by atoms with Gasteiger partial charge in [-0.05, 0) is 12.1 Å². The SMILES string of the molecule is Nc1ccccc1NC(=O)CCN1CC(O)C(O)C1. The number of rotatable bonds is 4. The fourth-order valence-electron chi connectivity index (χ4n) is 2.11. The Kier molecular flexibility index (Phi) is 4.36. The highest BCUT2D eigenvalue weighted by molar-refractivity contribution is 5.93. The number of amides is 1. The summed E-state index contributed by atoms with van der Waals surface area (Å²) in [5.41, 5.74) is 6.87. The van der Waals surface area contributed by atoms with Gasteiger partial charge in [-0.1, -0.05) is 12.1 Å². The number of benzene rings is 1. The zero-order valence-corrected chi connectivity index (χ0v) is 10.6. The molecule has 0 aliphatic carbocycles. The lowest BCUT2D eigenvalue weighted by molar-refractivity contribution is -0.116. The van der Waals surface area contributed by atoms with E-state index in [2.05, 4.69) is 5.32 Å². The molecule has 1 aliphatic heterocycles. The Morgan fingerprint density at radius 3 is 2.58 bits per heavy atom. The third kappa shape index (κ3) is 3.66. The van der Waals surface area contributed by atoms with Crippen LogP contribution in [0.15, 0.2) is 24.3 Å². The molecule has 1 aromatic carbocycles. The van der Waals surface area contributed by atoms with Crippen molar-refractivity contribution >= 4 is 17.3 Å². The fourth-order valence-corrected chi connectivity index (χ4v) is 2.11. The number of nitrogens with zero attached hydrogens (tertiary/aromatic N) is 1. The van der Waals surface area contributed by atoms with Crippen molar-refractivity contribution in [2.24, 2.45) is 0 Å². The van der Waals surface area contributed by atoms with Crippen molar-refractivity contribution in [3.8, 4) is 0 Å². The van der Waals surface area contributed by atoms with Gasteiger partial charge in [-0.2, -0.15) is 0 Å². The Labute approximate surface area is 111 Å². The molecule has 6 nitrogen and oxygen atoms in total. The summed E-state index contributed by atoms with van der Waals surface area (Å²) in [4.78, 5) is 13.6. The molecule has 2 atom stereocenters. The summed E-state index contributed by atoms with van der Waals surface area (Å²) in [5.74, 6) is -0.131. The van der Waals surface area contributed by atoms with Crippen LogP contribution in [0.5, 0.6) is 0 Å². The Morgan fingerprint density at radius 2 is 1.95 bits per heavy atom. The molecule has 19 heavy (non-hydrogen) atoms. The number of hydrogen-bond donors (Lipinski definition) is 4. The maximum absolute atomic E-state index is 11.8. The van der Waals surface area contributed by atoms with Crippen molar-refractivity contribution < 1.29 is 15.0 Å². The van der Waals surface area contributed by atoms with Gasteiger partial charge < -0.3 is 21.3 Å². The van der Waals surface area contributed by atoms with Crippen LogP contribution in [0.25, 0.3) is 0 Å². The Morgan fingerprint density at radius 1 is 1.32 bits per heavy atom. The summed E-state index contributed by atoms with van der Waals surface area (Å²) in [6.45, 7) is 1.32. The fraction of sp³-hybridized carbons (Fsp3) is 0.462. The van der Waals surface area contributed by atoms with Crippen LogP contribution in [0.4, 0.5) is 11.4 Å². The first-order chi connectivity index (χ1) is 9.06. The van der Waals surface area contributed by atoms with E-state index in [0.29, 0.717) is 37.4 Å². The standard InChI is InChI=1S/C13H19N3O3/c14-9-3-1-2-4-10(9)15-13(19)5-6-16-7-11(17)12(18)8-16/h1-4,11-12,17-18H,5-8,14H2,(H,15,19). The van der Waals surface area contributed by atoms with Gasteiger partial charge in [0, 0.05) is 26.1 Å². The Hall–Kier alpha value is -1.63. The number of nitrogens with two attached hydrogens (primary N) is 1. The molecule has 1 aliphatic rings. The number of carbonyl (C=O) groups is 1. The van der Waals surface area contributed by atoms with E-state index in [-0.39, 0.29) is 5.91 Å². The summed E-state index contributed by atoms with van der Waals surface area (Å²) in [6.07, 6.45) is -1.13. The number of para-hydroxylation sites is 2. The van der Waals surface area contributed by atoms with E-state index in [4.69, 9.17) is 5.73 Å². The topological polar surface area (TPSA) is 98.8 Å². The molecule has 2 rings (SSSR count). The first-order valence-electron chi connectivity index (χ1n) is 6.29. The molecule has 0 saturated carbocycles. The quantitative estimate of drug-likeness (QED) is 0.557. The number of nitrogen functional groups attached to an aromatic ring is 1. The molecule has 1 aromatic rings. The smallest absolute Gasteiger partial charge is 0.225 e. The van der Waals surface area contributed by atoms with Gasteiger partial charge in [0.2, 0.25) is 5.91 Å². The first kappa shape index (κ1) is 13.8. The summed E-state index contributed by atoms with van der Waals surface area (Å²) in [5, 5.41) is 21.5. The average Bonchev–Trinajstić information content (AvgIpc) is 2.69. The second-order valence-corrected chi connectivity index (χ2v) is 4.78. The van der Waals surface area contributed by atoms with Gasteiger partial charge in [0.25, 0.3) is 0 Å². The van der Waals surface area contributed by atoms with Crippen LogP contribution in [0.2, 0.25) is 0 Å². The highest BCUT2D eigenvalue weighted by Crippen LogP contribution is 2.17. The predicted octanol–water partition coefficient (Wildman–Crippen LogP) is -0.365.